The van der Waals surface area contributed by atoms with Gasteiger partial charge in [-0.15, -0.1) is 5.10 Å². The molecule has 1 fully saturated rings. The molecule has 0 amide bonds. The van der Waals surface area contributed by atoms with Crippen LogP contribution in [0.5, 0.6) is 0 Å². The molecule has 2 N–H and O–H groups in total. The van der Waals surface area contributed by atoms with Gasteiger partial charge in [-0.2, -0.15) is 13.2 Å². The lowest BCUT2D eigenvalue weighted by Gasteiger charge is -2.33. The number of alkyl halides is 3. The fraction of sp³-hybridized carbons (Fsp3) is 0.444. The van der Waals surface area contributed by atoms with E-state index < -0.39 is 12.8 Å². The summed E-state index contributed by atoms with van der Waals surface area (Å²) in [5.74, 6) is -0.286. The van der Waals surface area contributed by atoms with E-state index in [-0.39, 0.29) is 34.8 Å². The van der Waals surface area contributed by atoms with Crippen LogP contribution >= 0.6 is 0 Å². The Morgan fingerprint density at radius 3 is 2.69 bits per heavy atom. The van der Waals surface area contributed by atoms with Crippen LogP contribution in [-0.4, -0.2) is 56.9 Å². The summed E-state index contributed by atoms with van der Waals surface area (Å²) in [6.45, 7) is 2.26. The Morgan fingerprint density at radius 2 is 1.97 bits per heavy atom. The van der Waals surface area contributed by atoms with Crippen LogP contribution in [0.15, 0.2) is 30.5 Å². The molecule has 2 aliphatic heterocycles. The van der Waals surface area contributed by atoms with Gasteiger partial charge in [-0.25, -0.2) is 9.07 Å². The fourth-order valence-corrected chi connectivity index (χ4v) is 3.53. The molecule has 11 heteroatoms. The van der Waals surface area contributed by atoms with E-state index in [1.165, 1.54) is 16.8 Å². The van der Waals surface area contributed by atoms with E-state index in [9.17, 15) is 17.6 Å². The minimum absolute atomic E-state index is 0.0719. The first-order valence-corrected chi connectivity index (χ1v) is 9.11. The van der Waals surface area contributed by atoms with E-state index in [1.54, 1.807) is 12.1 Å². The van der Waals surface area contributed by atoms with Crippen molar-refractivity contribution in [1.29, 1.82) is 0 Å². The first-order chi connectivity index (χ1) is 13.8. The standard InChI is InChI=1S/C18H20F4N6O/c19-13-3-1-12(2-4-13)7-26-5-6-29-14(8-26)9-28-16-11-27(18(20,21)22)10-15(23)17(16)24-25-28/h1-4,10,14H,5-9,11,23H2. The van der Waals surface area contributed by atoms with Gasteiger partial charge in [-0.1, -0.05) is 17.3 Å². The molecule has 0 saturated carbocycles. The van der Waals surface area contributed by atoms with E-state index in [4.69, 9.17) is 10.5 Å². The summed E-state index contributed by atoms with van der Waals surface area (Å²) in [4.78, 5) is 2.37. The molecule has 7 nitrogen and oxygen atoms in total. The van der Waals surface area contributed by atoms with Crippen molar-refractivity contribution in [3.05, 3.63) is 53.2 Å². The van der Waals surface area contributed by atoms with E-state index in [0.717, 1.165) is 11.8 Å². The van der Waals surface area contributed by atoms with Crippen LogP contribution in [0.3, 0.4) is 0 Å². The van der Waals surface area contributed by atoms with Crippen LogP contribution in [0.25, 0.3) is 5.70 Å². The molecule has 1 saturated heterocycles. The molecule has 3 heterocycles. The predicted molar refractivity (Wildman–Crippen MR) is 95.2 cm³/mol. The average Bonchev–Trinajstić information content (AvgIpc) is 3.07. The van der Waals surface area contributed by atoms with Crippen molar-refractivity contribution in [2.45, 2.75) is 32.0 Å². The van der Waals surface area contributed by atoms with Crippen molar-refractivity contribution in [2.75, 3.05) is 19.7 Å². The lowest BCUT2D eigenvalue weighted by atomic mass is 10.1. The van der Waals surface area contributed by atoms with E-state index in [1.807, 2.05) is 0 Å². The first kappa shape index (κ1) is 19.6. The second-order valence-electron chi connectivity index (χ2n) is 7.10. The summed E-state index contributed by atoms with van der Waals surface area (Å²) in [5.41, 5.74) is 7.21. The smallest absolute Gasteiger partial charge is 0.396 e. The molecule has 0 spiro atoms. The number of morpholine rings is 1. The van der Waals surface area contributed by atoms with Gasteiger partial charge in [0.2, 0.25) is 0 Å². The van der Waals surface area contributed by atoms with Gasteiger partial charge in [0.25, 0.3) is 0 Å². The van der Waals surface area contributed by atoms with Crippen LogP contribution in [0, 0.1) is 5.82 Å². The van der Waals surface area contributed by atoms with E-state index in [0.29, 0.717) is 31.9 Å². The molecular weight excluding hydrogens is 392 g/mol. The number of rotatable bonds is 4. The topological polar surface area (TPSA) is 72.4 Å². The quantitative estimate of drug-likeness (QED) is 0.611. The third-order valence-electron chi connectivity index (χ3n) is 4.97. The number of halogens is 4. The normalized spacial score (nSPS) is 20.5. The zero-order valence-corrected chi connectivity index (χ0v) is 15.4. The number of hydrogen-bond acceptors (Lipinski definition) is 6. The SMILES string of the molecule is NC1=CN(C(F)(F)F)Cc2c1nnn2CC1CN(Cc2ccc(F)cc2)CCO1. The minimum atomic E-state index is -4.54. The van der Waals surface area contributed by atoms with Crippen LogP contribution in [0.2, 0.25) is 0 Å². The van der Waals surface area contributed by atoms with Crippen LogP contribution in [0.1, 0.15) is 17.0 Å². The number of aromatic nitrogens is 3. The van der Waals surface area contributed by atoms with Crippen molar-refractivity contribution >= 4 is 5.70 Å². The molecule has 0 radical (unpaired) electrons. The van der Waals surface area contributed by atoms with Gasteiger partial charge in [0.05, 0.1) is 37.2 Å². The highest BCUT2D eigenvalue weighted by atomic mass is 19.4. The maximum atomic E-state index is 13.1. The Balaban J connectivity index is 1.44. The van der Waals surface area contributed by atoms with Gasteiger partial charge in [0.1, 0.15) is 11.5 Å². The molecule has 1 aromatic carbocycles. The molecule has 0 aliphatic carbocycles. The molecular formula is C18H20F4N6O. The third kappa shape index (κ3) is 4.35. The molecule has 1 aromatic heterocycles. The monoisotopic (exact) mass is 412 g/mol. The number of ether oxygens (including phenoxy) is 1. The number of nitrogens with two attached hydrogens (primary N) is 1. The Kier molecular flexibility index (Phi) is 5.17. The summed E-state index contributed by atoms with van der Waals surface area (Å²) in [6, 6.07) is 6.29. The minimum Gasteiger partial charge on any atom is -0.396 e. The van der Waals surface area contributed by atoms with Gasteiger partial charge >= 0.3 is 6.30 Å². The number of hydrogen-bond donors (Lipinski definition) is 1. The molecule has 156 valence electrons. The maximum Gasteiger partial charge on any atom is 0.484 e. The Morgan fingerprint density at radius 1 is 1.21 bits per heavy atom. The lowest BCUT2D eigenvalue weighted by Crippen LogP contribution is -2.44. The highest BCUT2D eigenvalue weighted by Crippen LogP contribution is 2.30. The molecule has 2 aromatic rings. The summed E-state index contributed by atoms with van der Waals surface area (Å²) in [7, 11) is 0. The van der Waals surface area contributed by atoms with Gasteiger partial charge in [-0.3, -0.25) is 9.80 Å². The average molecular weight is 412 g/mol. The molecule has 4 rings (SSSR count). The van der Waals surface area contributed by atoms with Crippen molar-refractivity contribution < 1.29 is 22.3 Å². The largest absolute Gasteiger partial charge is 0.484 e. The number of benzene rings is 1. The van der Waals surface area contributed by atoms with E-state index >= 15 is 0 Å². The second-order valence-corrected chi connectivity index (χ2v) is 7.10. The summed E-state index contributed by atoms with van der Waals surface area (Å²) < 4.78 is 59.6. The highest BCUT2D eigenvalue weighted by Gasteiger charge is 2.39. The summed E-state index contributed by atoms with van der Waals surface area (Å²) >= 11 is 0. The van der Waals surface area contributed by atoms with Gasteiger partial charge < -0.3 is 10.5 Å². The molecule has 2 aliphatic rings. The van der Waals surface area contributed by atoms with Crippen LogP contribution in [-0.2, 0) is 24.4 Å². The van der Waals surface area contributed by atoms with Gasteiger partial charge in [0, 0.05) is 25.8 Å². The zero-order valence-electron chi connectivity index (χ0n) is 15.4. The third-order valence-corrected chi connectivity index (χ3v) is 4.97. The van der Waals surface area contributed by atoms with Gasteiger partial charge in [0.15, 0.2) is 0 Å². The van der Waals surface area contributed by atoms with Crippen LogP contribution < -0.4 is 5.73 Å². The van der Waals surface area contributed by atoms with Gasteiger partial charge in [-0.05, 0) is 17.7 Å². The first-order valence-electron chi connectivity index (χ1n) is 9.11. The Labute approximate surface area is 164 Å². The fourth-order valence-electron chi connectivity index (χ4n) is 3.53. The second kappa shape index (κ2) is 7.64. The van der Waals surface area contributed by atoms with Crippen molar-refractivity contribution in [1.82, 2.24) is 24.8 Å². The van der Waals surface area contributed by atoms with Crippen molar-refractivity contribution in [2.24, 2.45) is 5.73 Å². The zero-order chi connectivity index (χ0) is 20.6. The summed E-state index contributed by atoms with van der Waals surface area (Å²) in [5, 5.41) is 7.92. The van der Waals surface area contributed by atoms with E-state index in [2.05, 4.69) is 15.2 Å². The summed E-state index contributed by atoms with van der Waals surface area (Å²) in [6.07, 6.45) is -3.96. The maximum absolute atomic E-state index is 13.1. The molecule has 1 atom stereocenters. The number of nitrogens with zero attached hydrogens (tertiary/aromatic N) is 5. The molecule has 0 bridgehead atoms. The Bertz CT molecular complexity index is 895. The van der Waals surface area contributed by atoms with Crippen molar-refractivity contribution in [3.63, 3.8) is 0 Å². The lowest BCUT2D eigenvalue weighted by molar-refractivity contribution is -0.231. The predicted octanol–water partition coefficient (Wildman–Crippen LogP) is 1.91. The Hall–Kier alpha value is -2.66. The number of fused-ring (bicyclic) bond motifs is 1. The van der Waals surface area contributed by atoms with Crippen LogP contribution in [0.4, 0.5) is 17.6 Å². The molecule has 29 heavy (non-hydrogen) atoms. The highest BCUT2D eigenvalue weighted by molar-refractivity contribution is 5.62. The van der Waals surface area contributed by atoms with Crippen molar-refractivity contribution in [3.8, 4) is 0 Å². The molecule has 1 unspecified atom stereocenters.